The predicted molar refractivity (Wildman–Crippen MR) is 171 cm³/mol. The summed E-state index contributed by atoms with van der Waals surface area (Å²) in [6.07, 6.45) is 4.33. The Labute approximate surface area is 265 Å². The van der Waals surface area contributed by atoms with E-state index in [0.717, 1.165) is 21.9 Å². The maximum Gasteiger partial charge on any atom is 0.319 e. The Hall–Kier alpha value is -4.09. The van der Waals surface area contributed by atoms with Crippen molar-refractivity contribution in [3.05, 3.63) is 65.6 Å². The molecule has 0 saturated carbocycles. The van der Waals surface area contributed by atoms with Crippen molar-refractivity contribution < 1.29 is 17.9 Å². The third-order valence-corrected chi connectivity index (χ3v) is 9.82. The number of nitrogens with zero attached hydrogens (tertiary/aromatic N) is 8. The van der Waals surface area contributed by atoms with Crippen LogP contribution in [0, 0.1) is 0 Å². The van der Waals surface area contributed by atoms with Crippen LogP contribution in [0.15, 0.2) is 55.0 Å². The average molecular weight is 651 g/mol. The highest BCUT2D eigenvalue weighted by atomic mass is 32.2. The molecule has 45 heavy (non-hydrogen) atoms. The van der Waals surface area contributed by atoms with Gasteiger partial charge >= 0.3 is 6.03 Å². The van der Waals surface area contributed by atoms with E-state index in [2.05, 4.69) is 36.5 Å². The van der Waals surface area contributed by atoms with E-state index in [1.165, 1.54) is 16.9 Å². The Morgan fingerprint density at radius 3 is 2.40 bits per heavy atom. The van der Waals surface area contributed by atoms with E-state index in [4.69, 9.17) is 19.7 Å². The minimum Gasteiger partial charge on any atom is -0.378 e. The minimum atomic E-state index is -3.16. The Bertz CT molecular complexity index is 1710. The second-order valence-electron chi connectivity index (χ2n) is 10.7. The van der Waals surface area contributed by atoms with Gasteiger partial charge in [-0.1, -0.05) is 0 Å². The van der Waals surface area contributed by atoms with E-state index < -0.39 is 10.0 Å². The highest BCUT2D eigenvalue weighted by Crippen LogP contribution is 2.30. The lowest BCUT2D eigenvalue weighted by molar-refractivity contribution is 0.122. The molecule has 2 fully saturated rings. The predicted octanol–water partition coefficient (Wildman–Crippen LogP) is 2.29. The summed E-state index contributed by atoms with van der Waals surface area (Å²) in [5.41, 5.74) is 2.13. The highest BCUT2D eigenvalue weighted by molar-refractivity contribution is 7.88. The summed E-state index contributed by atoms with van der Waals surface area (Å²) in [7, 11) is -3.16. The van der Waals surface area contributed by atoms with Crippen LogP contribution in [0.2, 0.25) is 0 Å². The summed E-state index contributed by atoms with van der Waals surface area (Å²) in [6, 6.07) is 12.9. The molecule has 2 saturated heterocycles. The van der Waals surface area contributed by atoms with Crippen LogP contribution in [0.5, 0.6) is 0 Å². The molecule has 236 valence electrons. The molecule has 2 N–H and O–H groups in total. The molecule has 6 rings (SSSR count). The number of aromatic nitrogens is 5. The fraction of sp³-hybridized carbons (Fsp3) is 0.379. The third kappa shape index (κ3) is 8.15. The number of urea groups is 1. The monoisotopic (exact) mass is 650 g/mol. The number of rotatable bonds is 9. The first-order chi connectivity index (χ1) is 21.8. The van der Waals surface area contributed by atoms with E-state index in [0.29, 0.717) is 81.5 Å². The van der Waals surface area contributed by atoms with Crippen molar-refractivity contribution in [1.29, 1.82) is 0 Å². The third-order valence-electron chi connectivity index (χ3n) is 7.45. The number of nitrogens with one attached hydrogen (secondary N) is 2. The molecule has 0 aliphatic carbocycles. The van der Waals surface area contributed by atoms with Gasteiger partial charge in [0.2, 0.25) is 16.0 Å². The van der Waals surface area contributed by atoms with Crippen LogP contribution >= 0.6 is 11.3 Å². The largest absolute Gasteiger partial charge is 0.378 e. The fourth-order valence-corrected chi connectivity index (χ4v) is 6.81. The molecule has 2 aliphatic rings. The number of amides is 2. The SMILES string of the molecule is CS(=O)(=O)N1CCN(Cc2ccc(-c3nc(-c4ccc(NC(=O)NCc5ccncn5)cc4)nc(N4CCOCC4)n3)s2)CC1. The van der Waals surface area contributed by atoms with E-state index in [1.54, 1.807) is 23.6 Å². The number of ether oxygens (including phenoxy) is 1. The van der Waals surface area contributed by atoms with Gasteiger partial charge in [-0.15, -0.1) is 11.3 Å². The van der Waals surface area contributed by atoms with Crippen molar-refractivity contribution in [2.75, 3.05) is 69.0 Å². The van der Waals surface area contributed by atoms with Crippen LogP contribution in [0.3, 0.4) is 0 Å². The number of piperazine rings is 1. The topological polar surface area (TPSA) is 159 Å². The van der Waals surface area contributed by atoms with E-state index in [1.807, 2.05) is 30.3 Å². The normalized spacial score (nSPS) is 16.4. The maximum atomic E-state index is 12.4. The first-order valence-corrected chi connectivity index (χ1v) is 17.2. The molecule has 16 heteroatoms. The van der Waals surface area contributed by atoms with E-state index in [9.17, 15) is 13.2 Å². The quantitative estimate of drug-likeness (QED) is 0.274. The number of benzene rings is 1. The zero-order valence-corrected chi connectivity index (χ0v) is 26.4. The molecule has 0 bridgehead atoms. The first kappa shape index (κ1) is 30.9. The minimum absolute atomic E-state index is 0.286. The lowest BCUT2D eigenvalue weighted by Gasteiger charge is -2.32. The summed E-state index contributed by atoms with van der Waals surface area (Å²) < 4.78 is 30.8. The smallest absolute Gasteiger partial charge is 0.319 e. The van der Waals surface area contributed by atoms with Crippen molar-refractivity contribution in [3.8, 4) is 22.1 Å². The molecule has 0 radical (unpaired) electrons. The molecular weight excluding hydrogens is 617 g/mol. The molecule has 0 unspecified atom stereocenters. The Kier molecular flexibility index (Phi) is 9.56. The van der Waals surface area contributed by atoms with Gasteiger partial charge in [-0.2, -0.15) is 14.3 Å². The highest BCUT2D eigenvalue weighted by Gasteiger charge is 2.24. The van der Waals surface area contributed by atoms with Crippen molar-refractivity contribution in [2.24, 2.45) is 0 Å². The molecule has 4 aromatic rings. The van der Waals surface area contributed by atoms with Crippen LogP contribution in [0.1, 0.15) is 10.6 Å². The number of sulfonamides is 1. The van der Waals surface area contributed by atoms with Gasteiger partial charge in [-0.25, -0.2) is 28.2 Å². The molecule has 3 aromatic heterocycles. The van der Waals surface area contributed by atoms with Gasteiger partial charge in [0.25, 0.3) is 0 Å². The van der Waals surface area contributed by atoms with Gasteiger partial charge in [0.15, 0.2) is 11.6 Å². The van der Waals surface area contributed by atoms with Gasteiger partial charge in [0, 0.05) is 68.1 Å². The molecule has 1 aromatic carbocycles. The van der Waals surface area contributed by atoms with Crippen LogP contribution in [-0.4, -0.2) is 107 Å². The lowest BCUT2D eigenvalue weighted by Crippen LogP contribution is -2.47. The van der Waals surface area contributed by atoms with Crippen LogP contribution in [-0.2, 0) is 27.8 Å². The molecule has 0 atom stereocenters. The molecule has 0 spiro atoms. The summed E-state index contributed by atoms with van der Waals surface area (Å²) in [4.78, 5) is 41.3. The van der Waals surface area contributed by atoms with Crippen LogP contribution in [0.4, 0.5) is 16.4 Å². The zero-order chi connectivity index (χ0) is 31.2. The number of morpholine rings is 1. The molecule has 2 aliphatic heterocycles. The first-order valence-electron chi connectivity index (χ1n) is 14.6. The van der Waals surface area contributed by atoms with Gasteiger partial charge in [0.1, 0.15) is 6.33 Å². The van der Waals surface area contributed by atoms with Crippen LogP contribution in [0.25, 0.3) is 22.1 Å². The van der Waals surface area contributed by atoms with Crippen molar-refractivity contribution >= 4 is 39.0 Å². The number of hydrogen-bond donors (Lipinski definition) is 2. The van der Waals surface area contributed by atoms with Gasteiger partial charge in [-0.05, 0) is 42.5 Å². The Morgan fingerprint density at radius 1 is 0.933 bits per heavy atom. The summed E-state index contributed by atoms with van der Waals surface area (Å²) >= 11 is 1.63. The second kappa shape index (κ2) is 13.9. The Balaban J connectivity index is 1.17. The fourth-order valence-electron chi connectivity index (χ4n) is 5.00. The summed E-state index contributed by atoms with van der Waals surface area (Å²) in [6.45, 7) is 5.97. The number of carbonyl (C=O) groups is 1. The number of thiophene rings is 1. The van der Waals surface area contributed by atoms with Crippen molar-refractivity contribution in [1.82, 2.24) is 39.4 Å². The molecular formula is C29H34N10O4S2. The number of hydrogen-bond acceptors (Lipinski definition) is 12. The molecule has 2 amide bonds. The van der Waals surface area contributed by atoms with Gasteiger partial charge in [-0.3, -0.25) is 4.90 Å². The van der Waals surface area contributed by atoms with Crippen molar-refractivity contribution in [3.63, 3.8) is 0 Å². The van der Waals surface area contributed by atoms with E-state index in [-0.39, 0.29) is 12.6 Å². The van der Waals surface area contributed by atoms with E-state index >= 15 is 0 Å². The van der Waals surface area contributed by atoms with Crippen LogP contribution < -0.4 is 15.5 Å². The molecule has 5 heterocycles. The summed E-state index contributed by atoms with van der Waals surface area (Å²) in [5.74, 6) is 1.72. The lowest BCUT2D eigenvalue weighted by atomic mass is 10.2. The maximum absolute atomic E-state index is 12.4. The average Bonchev–Trinajstić information content (AvgIpc) is 3.53. The van der Waals surface area contributed by atoms with Gasteiger partial charge in [0.05, 0.1) is 36.6 Å². The second-order valence-corrected chi connectivity index (χ2v) is 13.8. The number of anilines is 2. The Morgan fingerprint density at radius 2 is 1.69 bits per heavy atom. The molecule has 14 nitrogen and oxygen atoms in total. The zero-order valence-electron chi connectivity index (χ0n) is 24.8. The van der Waals surface area contributed by atoms with Gasteiger partial charge < -0.3 is 20.3 Å². The standard InChI is InChI=1S/C29H34N10O4S2/c1-45(41,42)39-12-10-37(11-13-39)19-24-6-7-25(44-24)27-34-26(35-28(36-27)38-14-16-43-17-15-38)21-2-4-22(5-3-21)33-29(40)31-18-23-8-9-30-20-32-23/h2-9,20H,10-19H2,1H3,(H2,31,33,40). The van der Waals surface area contributed by atoms with Crippen molar-refractivity contribution in [2.45, 2.75) is 13.1 Å². The summed E-state index contributed by atoms with van der Waals surface area (Å²) in [5, 5.41) is 5.62. The number of carbonyl (C=O) groups excluding carboxylic acids is 1.